The molecule has 0 amide bonds. The molecular weight excluding hydrogens is 292 g/mol. The third-order valence-corrected chi connectivity index (χ3v) is 5.41. The van der Waals surface area contributed by atoms with Crippen molar-refractivity contribution in [3.05, 3.63) is 59.7 Å². The summed E-state index contributed by atoms with van der Waals surface area (Å²) >= 11 is 0. The van der Waals surface area contributed by atoms with Gasteiger partial charge in [0.05, 0.1) is 0 Å². The van der Waals surface area contributed by atoms with Crippen molar-refractivity contribution < 1.29 is 0 Å². The highest BCUT2D eigenvalue weighted by Crippen LogP contribution is 2.39. The molecular formula is C22H30N2. The molecule has 1 aliphatic carbocycles. The first-order valence-corrected chi connectivity index (χ1v) is 9.04. The fourth-order valence-electron chi connectivity index (χ4n) is 3.79. The second kappa shape index (κ2) is 6.34. The Morgan fingerprint density at radius 3 is 2.17 bits per heavy atom. The molecule has 2 aromatic rings. The Kier molecular flexibility index (Phi) is 4.54. The van der Waals surface area contributed by atoms with Gasteiger partial charge in [-0.15, -0.1) is 0 Å². The van der Waals surface area contributed by atoms with E-state index in [1.165, 1.54) is 22.3 Å². The number of rotatable bonds is 2. The SMILES string of the molecule is CC(C)(C)c1cc(C2(N)CCC(N)CC2)ccc1-c1ccccc1. The van der Waals surface area contributed by atoms with Gasteiger partial charge in [0.25, 0.3) is 0 Å². The molecule has 128 valence electrons. The van der Waals surface area contributed by atoms with Crippen LogP contribution in [-0.4, -0.2) is 6.04 Å². The van der Waals surface area contributed by atoms with Gasteiger partial charge in [-0.2, -0.15) is 0 Å². The molecule has 3 rings (SSSR count). The molecule has 1 saturated carbocycles. The molecule has 0 saturated heterocycles. The van der Waals surface area contributed by atoms with E-state index in [0.717, 1.165) is 25.7 Å². The van der Waals surface area contributed by atoms with E-state index in [1.807, 2.05) is 0 Å². The van der Waals surface area contributed by atoms with Gasteiger partial charge in [-0.05, 0) is 53.4 Å². The first-order valence-electron chi connectivity index (χ1n) is 9.04. The summed E-state index contributed by atoms with van der Waals surface area (Å²) in [5.74, 6) is 0. The van der Waals surface area contributed by atoms with Crippen molar-refractivity contribution >= 4 is 0 Å². The summed E-state index contributed by atoms with van der Waals surface area (Å²) in [6.45, 7) is 6.83. The van der Waals surface area contributed by atoms with Crippen LogP contribution in [0.4, 0.5) is 0 Å². The summed E-state index contributed by atoms with van der Waals surface area (Å²) in [5, 5.41) is 0. The maximum absolute atomic E-state index is 6.79. The average molecular weight is 322 g/mol. The number of hydrogen-bond donors (Lipinski definition) is 2. The molecule has 2 heteroatoms. The fraction of sp³-hybridized carbons (Fsp3) is 0.455. The second-order valence-corrected chi connectivity index (χ2v) is 8.37. The molecule has 0 aromatic heterocycles. The molecule has 4 N–H and O–H groups in total. The minimum atomic E-state index is -0.231. The predicted molar refractivity (Wildman–Crippen MR) is 103 cm³/mol. The molecule has 24 heavy (non-hydrogen) atoms. The van der Waals surface area contributed by atoms with E-state index in [4.69, 9.17) is 11.5 Å². The van der Waals surface area contributed by atoms with Gasteiger partial charge in [0.15, 0.2) is 0 Å². The highest BCUT2D eigenvalue weighted by molar-refractivity contribution is 5.69. The molecule has 2 aromatic carbocycles. The van der Waals surface area contributed by atoms with E-state index in [1.54, 1.807) is 0 Å². The standard InChI is InChI=1S/C22H30N2/c1-21(2,3)20-15-17(22(24)13-11-18(23)12-14-22)9-10-19(20)16-7-5-4-6-8-16/h4-10,15,18H,11-14,23-24H2,1-3H3. The second-order valence-electron chi connectivity index (χ2n) is 8.37. The molecule has 0 radical (unpaired) electrons. The third kappa shape index (κ3) is 3.40. The third-order valence-electron chi connectivity index (χ3n) is 5.41. The first-order chi connectivity index (χ1) is 11.3. The molecule has 2 nitrogen and oxygen atoms in total. The minimum Gasteiger partial charge on any atom is -0.328 e. The highest BCUT2D eigenvalue weighted by Gasteiger charge is 2.33. The molecule has 0 aliphatic heterocycles. The summed E-state index contributed by atoms with van der Waals surface area (Å²) in [7, 11) is 0. The van der Waals surface area contributed by atoms with Gasteiger partial charge in [0.2, 0.25) is 0 Å². The Morgan fingerprint density at radius 1 is 0.958 bits per heavy atom. The van der Waals surface area contributed by atoms with E-state index >= 15 is 0 Å². The van der Waals surface area contributed by atoms with Crippen molar-refractivity contribution in [3.8, 4) is 11.1 Å². The summed E-state index contributed by atoms with van der Waals surface area (Å²) in [6, 6.07) is 17.8. The van der Waals surface area contributed by atoms with E-state index in [9.17, 15) is 0 Å². The quantitative estimate of drug-likeness (QED) is 0.841. The van der Waals surface area contributed by atoms with Gasteiger partial charge in [-0.1, -0.05) is 69.3 Å². The zero-order valence-electron chi connectivity index (χ0n) is 15.2. The minimum absolute atomic E-state index is 0.0720. The summed E-state index contributed by atoms with van der Waals surface area (Å²) in [6.07, 6.45) is 3.98. The van der Waals surface area contributed by atoms with E-state index < -0.39 is 0 Å². The van der Waals surface area contributed by atoms with Crippen molar-refractivity contribution in [1.82, 2.24) is 0 Å². The lowest BCUT2D eigenvalue weighted by atomic mass is 9.73. The maximum atomic E-state index is 6.79. The van der Waals surface area contributed by atoms with Gasteiger partial charge >= 0.3 is 0 Å². The monoisotopic (exact) mass is 322 g/mol. The Hall–Kier alpha value is -1.64. The van der Waals surface area contributed by atoms with Crippen LogP contribution in [0.25, 0.3) is 11.1 Å². The lowest BCUT2D eigenvalue weighted by Crippen LogP contribution is -2.43. The fourth-order valence-corrected chi connectivity index (χ4v) is 3.79. The first kappa shape index (κ1) is 17.2. The zero-order valence-corrected chi connectivity index (χ0v) is 15.2. The topological polar surface area (TPSA) is 52.0 Å². The lowest BCUT2D eigenvalue weighted by Gasteiger charge is -2.37. The van der Waals surface area contributed by atoms with Crippen LogP contribution in [-0.2, 0) is 11.0 Å². The van der Waals surface area contributed by atoms with Crippen molar-refractivity contribution in [2.45, 2.75) is 63.5 Å². The van der Waals surface area contributed by atoms with E-state index in [-0.39, 0.29) is 11.0 Å². The van der Waals surface area contributed by atoms with Crippen LogP contribution < -0.4 is 11.5 Å². The van der Waals surface area contributed by atoms with Gasteiger partial charge in [0.1, 0.15) is 0 Å². The molecule has 0 atom stereocenters. The average Bonchev–Trinajstić information content (AvgIpc) is 2.57. The van der Waals surface area contributed by atoms with Gasteiger partial charge in [-0.25, -0.2) is 0 Å². The Bertz CT molecular complexity index is 690. The molecule has 1 aliphatic rings. The van der Waals surface area contributed by atoms with Gasteiger partial charge in [0, 0.05) is 11.6 Å². The van der Waals surface area contributed by atoms with Crippen LogP contribution in [0.1, 0.15) is 57.6 Å². The lowest BCUT2D eigenvalue weighted by molar-refractivity contribution is 0.277. The summed E-state index contributed by atoms with van der Waals surface area (Å²) < 4.78 is 0. The molecule has 0 bridgehead atoms. The van der Waals surface area contributed by atoms with Crippen LogP contribution in [0.2, 0.25) is 0 Å². The number of benzene rings is 2. The van der Waals surface area contributed by atoms with Crippen LogP contribution >= 0.6 is 0 Å². The Labute approximate surface area is 146 Å². The van der Waals surface area contributed by atoms with Crippen molar-refractivity contribution in [2.75, 3.05) is 0 Å². The van der Waals surface area contributed by atoms with E-state index in [0.29, 0.717) is 6.04 Å². The predicted octanol–water partition coefficient (Wildman–Crippen LogP) is 4.71. The Balaban J connectivity index is 2.06. The van der Waals surface area contributed by atoms with E-state index in [2.05, 4.69) is 69.3 Å². The van der Waals surface area contributed by atoms with Crippen molar-refractivity contribution in [1.29, 1.82) is 0 Å². The van der Waals surface area contributed by atoms with Crippen LogP contribution in [0.3, 0.4) is 0 Å². The van der Waals surface area contributed by atoms with Crippen LogP contribution in [0.15, 0.2) is 48.5 Å². The van der Waals surface area contributed by atoms with Crippen molar-refractivity contribution in [2.24, 2.45) is 11.5 Å². The Morgan fingerprint density at radius 2 is 1.58 bits per heavy atom. The van der Waals surface area contributed by atoms with Gasteiger partial charge in [-0.3, -0.25) is 0 Å². The summed E-state index contributed by atoms with van der Waals surface area (Å²) in [4.78, 5) is 0. The number of hydrogen-bond acceptors (Lipinski definition) is 2. The smallest absolute Gasteiger partial charge is 0.0410 e. The molecule has 0 spiro atoms. The summed E-state index contributed by atoms with van der Waals surface area (Å²) in [5.41, 5.74) is 17.9. The van der Waals surface area contributed by atoms with Crippen LogP contribution in [0.5, 0.6) is 0 Å². The highest BCUT2D eigenvalue weighted by atomic mass is 14.8. The number of nitrogens with two attached hydrogens (primary N) is 2. The maximum Gasteiger partial charge on any atom is 0.0410 e. The molecule has 0 heterocycles. The van der Waals surface area contributed by atoms with Gasteiger partial charge < -0.3 is 11.5 Å². The molecule has 1 fully saturated rings. The largest absolute Gasteiger partial charge is 0.328 e. The normalized spacial score (nSPS) is 24.8. The zero-order chi connectivity index (χ0) is 17.4. The molecule has 0 unspecified atom stereocenters. The van der Waals surface area contributed by atoms with Crippen LogP contribution in [0, 0.1) is 0 Å². The van der Waals surface area contributed by atoms with Crippen molar-refractivity contribution in [3.63, 3.8) is 0 Å².